The molecule has 1 aromatic rings. The highest BCUT2D eigenvalue weighted by Gasteiger charge is 2.40. The van der Waals surface area contributed by atoms with Gasteiger partial charge in [-0.1, -0.05) is 17.4 Å². The maximum absolute atomic E-state index is 12.1. The zero-order valence-corrected chi connectivity index (χ0v) is 13.7. The number of hydrogen-bond acceptors (Lipinski definition) is 5. The Labute approximate surface area is 129 Å². The summed E-state index contributed by atoms with van der Waals surface area (Å²) in [7, 11) is 0. The Bertz CT molecular complexity index is 588. The van der Waals surface area contributed by atoms with Gasteiger partial charge in [0.15, 0.2) is 0 Å². The van der Waals surface area contributed by atoms with E-state index in [1.807, 2.05) is 32.6 Å². The van der Waals surface area contributed by atoms with Crippen molar-refractivity contribution in [3.63, 3.8) is 0 Å². The molecular formula is C15H21N3O2S. The molecule has 1 aromatic heterocycles. The fraction of sp³-hybridized carbons (Fsp3) is 0.667. The molecule has 0 saturated carbocycles. The Balaban J connectivity index is 1.65. The second kappa shape index (κ2) is 5.09. The van der Waals surface area contributed by atoms with Crippen molar-refractivity contribution in [2.45, 2.75) is 39.7 Å². The summed E-state index contributed by atoms with van der Waals surface area (Å²) in [5, 5.41) is 10.3. The minimum Gasteiger partial charge on any atom is -0.444 e. The van der Waals surface area contributed by atoms with Crippen LogP contribution in [0.4, 0.5) is 4.79 Å². The predicted molar refractivity (Wildman–Crippen MR) is 82.0 cm³/mol. The van der Waals surface area contributed by atoms with Gasteiger partial charge in [-0.15, -0.1) is 10.2 Å². The standard InChI is InChI=1S/C15H21N3O2S/c1-9-16-17-13(21-9)10-5-11-7-18(8-12(11)6-10)14(19)20-15(2,3)4/h5,11-12H,6-8H2,1-4H3. The SMILES string of the molecule is Cc1nnc(C2=CC3CN(C(=O)OC(C)(C)C)CC3C2)s1. The Morgan fingerprint density at radius 2 is 2.14 bits per heavy atom. The van der Waals surface area contributed by atoms with Crippen LogP contribution in [0.25, 0.3) is 5.57 Å². The van der Waals surface area contributed by atoms with Gasteiger partial charge in [-0.3, -0.25) is 0 Å². The molecule has 0 bridgehead atoms. The molecule has 2 aliphatic rings. The average molecular weight is 307 g/mol. The minimum absolute atomic E-state index is 0.196. The number of likely N-dealkylation sites (tertiary alicyclic amines) is 1. The average Bonchev–Trinajstić information content (AvgIpc) is 2.98. The van der Waals surface area contributed by atoms with Crippen molar-refractivity contribution in [1.82, 2.24) is 15.1 Å². The van der Waals surface area contributed by atoms with Gasteiger partial charge in [0.25, 0.3) is 0 Å². The first-order valence-electron chi connectivity index (χ1n) is 7.31. The van der Waals surface area contributed by atoms with E-state index in [0.29, 0.717) is 11.8 Å². The second-order valence-corrected chi connectivity index (χ2v) is 8.01. The van der Waals surface area contributed by atoms with Gasteiger partial charge < -0.3 is 9.64 Å². The summed E-state index contributed by atoms with van der Waals surface area (Å²) in [4.78, 5) is 13.9. The van der Waals surface area contributed by atoms with Crippen molar-refractivity contribution in [2.75, 3.05) is 13.1 Å². The molecule has 1 aliphatic heterocycles. The molecule has 2 unspecified atom stereocenters. The van der Waals surface area contributed by atoms with Gasteiger partial charge in [-0.05, 0) is 45.6 Å². The maximum atomic E-state index is 12.1. The maximum Gasteiger partial charge on any atom is 0.410 e. The monoisotopic (exact) mass is 307 g/mol. The van der Waals surface area contributed by atoms with Crippen LogP contribution in [0.1, 0.15) is 37.2 Å². The zero-order valence-electron chi connectivity index (χ0n) is 12.9. The molecule has 0 spiro atoms. The van der Waals surface area contributed by atoms with Crippen LogP contribution in [0.3, 0.4) is 0 Å². The lowest BCUT2D eigenvalue weighted by atomic mass is 10.00. The Morgan fingerprint density at radius 3 is 2.71 bits per heavy atom. The summed E-state index contributed by atoms with van der Waals surface area (Å²) in [6.07, 6.45) is 3.06. The number of hydrogen-bond donors (Lipinski definition) is 0. The largest absolute Gasteiger partial charge is 0.444 e. The van der Waals surface area contributed by atoms with Crippen molar-refractivity contribution in [2.24, 2.45) is 11.8 Å². The number of carbonyl (C=O) groups excluding carboxylic acids is 1. The topological polar surface area (TPSA) is 55.3 Å². The quantitative estimate of drug-likeness (QED) is 0.800. The van der Waals surface area contributed by atoms with E-state index < -0.39 is 5.60 Å². The van der Waals surface area contributed by atoms with Gasteiger partial charge in [-0.2, -0.15) is 0 Å². The second-order valence-electron chi connectivity index (χ2n) is 6.83. The number of rotatable bonds is 1. The molecule has 1 aliphatic carbocycles. The first kappa shape index (κ1) is 14.5. The molecule has 6 heteroatoms. The summed E-state index contributed by atoms with van der Waals surface area (Å²) < 4.78 is 5.45. The van der Waals surface area contributed by atoms with Crippen LogP contribution in [0.2, 0.25) is 0 Å². The van der Waals surface area contributed by atoms with Gasteiger partial charge in [0.2, 0.25) is 0 Å². The molecule has 21 heavy (non-hydrogen) atoms. The third kappa shape index (κ3) is 3.10. The predicted octanol–water partition coefficient (Wildman–Crippen LogP) is 3.12. The molecule has 114 valence electrons. The number of aryl methyl sites for hydroxylation is 1. The molecule has 2 heterocycles. The minimum atomic E-state index is -0.431. The zero-order chi connectivity index (χ0) is 15.2. The molecule has 5 nitrogen and oxygen atoms in total. The normalized spacial score (nSPS) is 25.0. The highest BCUT2D eigenvalue weighted by molar-refractivity contribution is 7.12. The summed E-state index contributed by atoms with van der Waals surface area (Å²) in [6.45, 7) is 9.20. The number of amides is 1. The van der Waals surface area contributed by atoms with E-state index >= 15 is 0 Å². The van der Waals surface area contributed by atoms with Crippen LogP contribution in [-0.2, 0) is 4.74 Å². The van der Waals surface area contributed by atoms with E-state index in [1.54, 1.807) is 11.3 Å². The number of carbonyl (C=O) groups is 1. The van der Waals surface area contributed by atoms with Crippen LogP contribution in [-0.4, -0.2) is 39.9 Å². The van der Waals surface area contributed by atoms with Crippen LogP contribution in [0.5, 0.6) is 0 Å². The van der Waals surface area contributed by atoms with Gasteiger partial charge in [0, 0.05) is 19.0 Å². The van der Waals surface area contributed by atoms with E-state index in [0.717, 1.165) is 29.5 Å². The van der Waals surface area contributed by atoms with Crippen molar-refractivity contribution >= 4 is 23.0 Å². The Kier molecular flexibility index (Phi) is 3.51. The number of ether oxygens (including phenoxy) is 1. The summed E-state index contributed by atoms with van der Waals surface area (Å²) in [5.41, 5.74) is 0.860. The molecule has 0 radical (unpaired) electrons. The fourth-order valence-electron chi connectivity index (χ4n) is 2.97. The van der Waals surface area contributed by atoms with E-state index in [2.05, 4.69) is 16.3 Å². The summed E-state index contributed by atoms with van der Waals surface area (Å²) in [6, 6.07) is 0. The van der Waals surface area contributed by atoms with Gasteiger partial charge >= 0.3 is 6.09 Å². The van der Waals surface area contributed by atoms with Crippen LogP contribution >= 0.6 is 11.3 Å². The van der Waals surface area contributed by atoms with Crippen LogP contribution in [0, 0.1) is 18.8 Å². The lowest BCUT2D eigenvalue weighted by molar-refractivity contribution is 0.0285. The fourth-order valence-corrected chi connectivity index (χ4v) is 3.70. The Hall–Kier alpha value is -1.43. The smallest absolute Gasteiger partial charge is 0.410 e. The van der Waals surface area contributed by atoms with Crippen molar-refractivity contribution in [3.8, 4) is 0 Å². The lowest BCUT2D eigenvalue weighted by Gasteiger charge is -2.24. The molecule has 3 rings (SSSR count). The van der Waals surface area contributed by atoms with Gasteiger partial charge in [0.05, 0.1) is 0 Å². The third-order valence-corrected chi connectivity index (χ3v) is 4.76. The van der Waals surface area contributed by atoms with Crippen LogP contribution < -0.4 is 0 Å². The molecular weight excluding hydrogens is 286 g/mol. The van der Waals surface area contributed by atoms with Gasteiger partial charge in [-0.25, -0.2) is 4.79 Å². The third-order valence-electron chi connectivity index (χ3n) is 3.84. The molecule has 1 fully saturated rings. The molecule has 2 atom stereocenters. The van der Waals surface area contributed by atoms with Crippen molar-refractivity contribution in [1.29, 1.82) is 0 Å². The van der Waals surface area contributed by atoms with E-state index in [-0.39, 0.29) is 6.09 Å². The highest BCUT2D eigenvalue weighted by Crippen LogP contribution is 2.41. The molecule has 0 aromatic carbocycles. The number of fused-ring (bicyclic) bond motifs is 1. The molecule has 1 saturated heterocycles. The van der Waals surface area contributed by atoms with Gasteiger partial charge in [0.1, 0.15) is 15.6 Å². The molecule has 1 amide bonds. The number of allylic oxidation sites excluding steroid dienone is 1. The summed E-state index contributed by atoms with van der Waals surface area (Å²) >= 11 is 1.64. The Morgan fingerprint density at radius 1 is 1.38 bits per heavy atom. The lowest BCUT2D eigenvalue weighted by Crippen LogP contribution is -2.35. The van der Waals surface area contributed by atoms with Crippen molar-refractivity contribution in [3.05, 3.63) is 16.1 Å². The molecule has 0 N–H and O–H groups in total. The highest BCUT2D eigenvalue weighted by atomic mass is 32.1. The first-order chi connectivity index (χ1) is 9.82. The van der Waals surface area contributed by atoms with E-state index in [9.17, 15) is 4.79 Å². The number of aromatic nitrogens is 2. The first-order valence-corrected chi connectivity index (χ1v) is 8.12. The van der Waals surface area contributed by atoms with Crippen molar-refractivity contribution < 1.29 is 9.53 Å². The van der Waals surface area contributed by atoms with E-state index in [1.165, 1.54) is 5.57 Å². The summed E-state index contributed by atoms with van der Waals surface area (Å²) in [5.74, 6) is 0.924. The number of nitrogens with zero attached hydrogens (tertiary/aromatic N) is 3. The van der Waals surface area contributed by atoms with E-state index in [4.69, 9.17) is 4.74 Å². The van der Waals surface area contributed by atoms with Crippen LogP contribution in [0.15, 0.2) is 6.08 Å².